The van der Waals surface area contributed by atoms with Crippen LogP contribution in [0.15, 0.2) is 48.8 Å². The standard InChI is InChI=1S/C22H28N4O2/c1-18(27)26(16-11-22(28)24-17-19-9-12-23-13-10-19)21-7-5-20(6-8-21)25-14-3-2-4-15-25/h5-10,12-13H,2-4,11,14-17H2,1H3,(H,24,28). The third-order valence-corrected chi connectivity index (χ3v) is 5.06. The first kappa shape index (κ1) is 19.9. The van der Waals surface area contributed by atoms with Gasteiger partial charge in [0.05, 0.1) is 0 Å². The molecule has 1 saturated heterocycles. The van der Waals surface area contributed by atoms with Crippen molar-refractivity contribution in [1.82, 2.24) is 10.3 Å². The van der Waals surface area contributed by atoms with E-state index in [-0.39, 0.29) is 18.2 Å². The average molecular weight is 380 g/mol. The molecule has 2 amide bonds. The van der Waals surface area contributed by atoms with Gasteiger partial charge in [0, 0.05) is 63.3 Å². The van der Waals surface area contributed by atoms with Gasteiger partial charge in [-0.3, -0.25) is 14.6 Å². The van der Waals surface area contributed by atoms with E-state index >= 15 is 0 Å². The zero-order valence-electron chi connectivity index (χ0n) is 16.4. The van der Waals surface area contributed by atoms with Crippen molar-refractivity contribution in [3.63, 3.8) is 0 Å². The topological polar surface area (TPSA) is 65.5 Å². The fraction of sp³-hybridized carbons (Fsp3) is 0.409. The van der Waals surface area contributed by atoms with Crippen LogP contribution in [0.2, 0.25) is 0 Å². The van der Waals surface area contributed by atoms with Gasteiger partial charge in [-0.2, -0.15) is 0 Å². The maximum atomic E-state index is 12.2. The molecule has 2 aromatic rings. The number of anilines is 2. The van der Waals surface area contributed by atoms with Crippen LogP contribution in [0.5, 0.6) is 0 Å². The number of rotatable bonds is 7. The minimum atomic E-state index is -0.0759. The van der Waals surface area contributed by atoms with Crippen LogP contribution in [0.25, 0.3) is 0 Å². The first-order chi connectivity index (χ1) is 13.6. The predicted octanol–water partition coefficient (Wildman–Crippen LogP) is 3.13. The average Bonchev–Trinajstić information content (AvgIpc) is 2.74. The maximum absolute atomic E-state index is 12.2. The zero-order valence-corrected chi connectivity index (χ0v) is 16.4. The summed E-state index contributed by atoms with van der Waals surface area (Å²) in [5, 5.41) is 2.89. The van der Waals surface area contributed by atoms with E-state index < -0.39 is 0 Å². The molecule has 0 unspecified atom stereocenters. The lowest BCUT2D eigenvalue weighted by atomic mass is 10.1. The fourth-order valence-corrected chi connectivity index (χ4v) is 3.47. The Balaban J connectivity index is 1.54. The van der Waals surface area contributed by atoms with E-state index in [2.05, 4.69) is 27.3 Å². The molecule has 1 aromatic heterocycles. The highest BCUT2D eigenvalue weighted by Gasteiger charge is 2.15. The highest BCUT2D eigenvalue weighted by atomic mass is 16.2. The van der Waals surface area contributed by atoms with Gasteiger partial charge in [-0.25, -0.2) is 0 Å². The number of hydrogen-bond donors (Lipinski definition) is 1. The second-order valence-corrected chi connectivity index (χ2v) is 7.12. The molecule has 0 bridgehead atoms. The molecule has 2 heterocycles. The van der Waals surface area contributed by atoms with Crippen LogP contribution in [-0.2, 0) is 16.1 Å². The molecule has 0 aliphatic carbocycles. The van der Waals surface area contributed by atoms with Crippen molar-refractivity contribution in [3.05, 3.63) is 54.4 Å². The molecule has 6 nitrogen and oxygen atoms in total. The van der Waals surface area contributed by atoms with Crippen LogP contribution in [0.4, 0.5) is 11.4 Å². The number of nitrogens with one attached hydrogen (secondary N) is 1. The SMILES string of the molecule is CC(=O)N(CCC(=O)NCc1ccncc1)c1ccc(N2CCCCC2)cc1. The molecule has 28 heavy (non-hydrogen) atoms. The Kier molecular flexibility index (Phi) is 7.00. The maximum Gasteiger partial charge on any atom is 0.223 e. The summed E-state index contributed by atoms with van der Waals surface area (Å²) in [6.07, 6.45) is 7.43. The van der Waals surface area contributed by atoms with Gasteiger partial charge in [0.15, 0.2) is 0 Å². The summed E-state index contributed by atoms with van der Waals surface area (Å²) in [4.78, 5) is 32.3. The molecule has 148 valence electrons. The van der Waals surface area contributed by atoms with E-state index in [1.165, 1.54) is 31.9 Å². The monoisotopic (exact) mass is 380 g/mol. The van der Waals surface area contributed by atoms with Crippen molar-refractivity contribution in [3.8, 4) is 0 Å². The number of amides is 2. The Labute approximate surface area is 166 Å². The van der Waals surface area contributed by atoms with Crippen molar-refractivity contribution in [2.24, 2.45) is 0 Å². The van der Waals surface area contributed by atoms with Gasteiger partial charge < -0.3 is 15.1 Å². The van der Waals surface area contributed by atoms with Crippen molar-refractivity contribution in [1.29, 1.82) is 0 Å². The quantitative estimate of drug-likeness (QED) is 0.801. The highest BCUT2D eigenvalue weighted by molar-refractivity contribution is 5.92. The summed E-state index contributed by atoms with van der Waals surface area (Å²) in [5.41, 5.74) is 3.03. The minimum Gasteiger partial charge on any atom is -0.372 e. The van der Waals surface area contributed by atoms with Crippen LogP contribution >= 0.6 is 0 Å². The minimum absolute atomic E-state index is 0.0624. The molecule has 6 heteroatoms. The van der Waals surface area contributed by atoms with E-state index in [0.29, 0.717) is 13.1 Å². The Morgan fingerprint density at radius 2 is 1.71 bits per heavy atom. The van der Waals surface area contributed by atoms with Crippen LogP contribution < -0.4 is 15.1 Å². The summed E-state index contributed by atoms with van der Waals surface area (Å²) in [6.45, 7) is 4.54. The number of hydrogen-bond acceptors (Lipinski definition) is 4. The molecular weight excluding hydrogens is 352 g/mol. The number of piperidine rings is 1. The lowest BCUT2D eigenvalue weighted by Crippen LogP contribution is -2.34. The van der Waals surface area contributed by atoms with E-state index in [9.17, 15) is 9.59 Å². The number of carbonyl (C=O) groups is 2. The van der Waals surface area contributed by atoms with Gasteiger partial charge >= 0.3 is 0 Å². The zero-order chi connectivity index (χ0) is 19.8. The largest absolute Gasteiger partial charge is 0.372 e. The van der Waals surface area contributed by atoms with Crippen LogP contribution in [0, 0.1) is 0 Å². The smallest absolute Gasteiger partial charge is 0.223 e. The third-order valence-electron chi connectivity index (χ3n) is 5.06. The highest BCUT2D eigenvalue weighted by Crippen LogP contribution is 2.24. The Hall–Kier alpha value is -2.89. The van der Waals surface area contributed by atoms with Crippen molar-refractivity contribution < 1.29 is 9.59 Å². The second kappa shape index (κ2) is 9.88. The lowest BCUT2D eigenvalue weighted by molar-refractivity contribution is -0.121. The first-order valence-corrected chi connectivity index (χ1v) is 9.92. The van der Waals surface area contributed by atoms with E-state index in [1.807, 2.05) is 24.3 Å². The molecule has 3 rings (SSSR count). The van der Waals surface area contributed by atoms with Gasteiger partial charge in [-0.15, -0.1) is 0 Å². The molecule has 0 radical (unpaired) electrons. The van der Waals surface area contributed by atoms with Gasteiger partial charge in [-0.05, 0) is 61.2 Å². The van der Waals surface area contributed by atoms with Gasteiger partial charge in [0.1, 0.15) is 0 Å². The Bertz CT molecular complexity index is 771. The normalized spacial score (nSPS) is 13.8. The predicted molar refractivity (Wildman–Crippen MR) is 111 cm³/mol. The first-order valence-electron chi connectivity index (χ1n) is 9.92. The molecule has 1 aliphatic heterocycles. The molecule has 1 aliphatic rings. The van der Waals surface area contributed by atoms with Crippen molar-refractivity contribution >= 4 is 23.2 Å². The summed E-state index contributed by atoms with van der Waals surface area (Å²) >= 11 is 0. The number of carbonyl (C=O) groups excluding carboxylic acids is 2. The summed E-state index contributed by atoms with van der Waals surface area (Å²) in [7, 11) is 0. The number of aromatic nitrogens is 1. The Morgan fingerprint density at radius 3 is 2.36 bits per heavy atom. The third kappa shape index (κ3) is 5.55. The van der Waals surface area contributed by atoms with Crippen LogP contribution in [0.3, 0.4) is 0 Å². The summed E-state index contributed by atoms with van der Waals surface area (Å²) in [6, 6.07) is 11.8. The van der Waals surface area contributed by atoms with Crippen LogP contribution in [0.1, 0.15) is 38.2 Å². The van der Waals surface area contributed by atoms with Gasteiger partial charge in [0.2, 0.25) is 11.8 Å². The van der Waals surface area contributed by atoms with E-state index in [1.54, 1.807) is 17.3 Å². The molecule has 1 fully saturated rings. The molecule has 1 aromatic carbocycles. The molecule has 0 saturated carbocycles. The Morgan fingerprint density at radius 1 is 1.04 bits per heavy atom. The van der Waals surface area contributed by atoms with E-state index in [0.717, 1.165) is 24.3 Å². The lowest BCUT2D eigenvalue weighted by Gasteiger charge is -2.29. The summed E-state index contributed by atoms with van der Waals surface area (Å²) < 4.78 is 0. The molecule has 1 N–H and O–H groups in total. The molecular formula is C22H28N4O2. The fourth-order valence-electron chi connectivity index (χ4n) is 3.47. The number of nitrogens with zero attached hydrogens (tertiary/aromatic N) is 3. The van der Waals surface area contributed by atoms with Gasteiger partial charge in [0.25, 0.3) is 0 Å². The van der Waals surface area contributed by atoms with Crippen molar-refractivity contribution in [2.45, 2.75) is 39.2 Å². The van der Waals surface area contributed by atoms with E-state index in [4.69, 9.17) is 0 Å². The second-order valence-electron chi connectivity index (χ2n) is 7.12. The number of pyridine rings is 1. The number of benzene rings is 1. The molecule has 0 spiro atoms. The van der Waals surface area contributed by atoms with Crippen molar-refractivity contribution in [2.75, 3.05) is 29.4 Å². The van der Waals surface area contributed by atoms with Gasteiger partial charge in [-0.1, -0.05) is 0 Å². The summed E-state index contributed by atoms with van der Waals surface area (Å²) in [5.74, 6) is -0.138. The molecule has 0 atom stereocenters. The van der Waals surface area contributed by atoms with Crippen LogP contribution in [-0.4, -0.2) is 36.4 Å².